The first-order valence-corrected chi connectivity index (χ1v) is 7.35. The van der Waals surface area contributed by atoms with Crippen LogP contribution in [0.5, 0.6) is 5.75 Å². The van der Waals surface area contributed by atoms with E-state index in [1.807, 2.05) is 6.20 Å². The first kappa shape index (κ1) is 13.9. The highest BCUT2D eigenvalue weighted by molar-refractivity contribution is 5.94. The molecule has 1 atom stereocenters. The van der Waals surface area contributed by atoms with Crippen LogP contribution in [0.4, 0.5) is 4.79 Å². The Morgan fingerprint density at radius 1 is 1.48 bits per heavy atom. The molecule has 1 aromatic heterocycles. The monoisotopic (exact) mass is 287 g/mol. The van der Waals surface area contributed by atoms with Crippen molar-refractivity contribution in [1.82, 2.24) is 14.8 Å². The van der Waals surface area contributed by atoms with Crippen molar-refractivity contribution in [2.75, 3.05) is 20.6 Å². The molecule has 3 rings (SSSR count). The molecule has 5 nitrogen and oxygen atoms in total. The van der Waals surface area contributed by atoms with Crippen molar-refractivity contribution in [3.63, 3.8) is 0 Å². The van der Waals surface area contributed by atoms with Gasteiger partial charge in [0.1, 0.15) is 5.75 Å². The Kier molecular flexibility index (Phi) is 3.59. The van der Waals surface area contributed by atoms with E-state index in [1.54, 1.807) is 29.8 Å². The van der Waals surface area contributed by atoms with E-state index in [0.717, 1.165) is 29.4 Å². The van der Waals surface area contributed by atoms with Crippen LogP contribution in [0, 0.1) is 0 Å². The van der Waals surface area contributed by atoms with Crippen molar-refractivity contribution < 1.29 is 9.90 Å². The van der Waals surface area contributed by atoms with Gasteiger partial charge in [-0.15, -0.1) is 0 Å². The van der Waals surface area contributed by atoms with Crippen molar-refractivity contribution >= 4 is 16.9 Å². The van der Waals surface area contributed by atoms with Crippen LogP contribution >= 0.6 is 0 Å². The standard InChI is InChI=1S/C16H21N3O2/c1-17-16(21)19-10-11(8-12-4-3-7-18(12)2)14-9-13(20)5-6-15(14)19/h5-6,9-10,12,20H,3-4,7-8H2,1-2H3,(H,17,21). The van der Waals surface area contributed by atoms with Crippen LogP contribution in [-0.2, 0) is 6.42 Å². The third-order valence-electron chi connectivity index (χ3n) is 4.43. The minimum atomic E-state index is -0.156. The summed E-state index contributed by atoms with van der Waals surface area (Å²) in [5.74, 6) is 0.234. The first-order chi connectivity index (χ1) is 10.1. The number of rotatable bonds is 2. The third kappa shape index (κ3) is 2.49. The van der Waals surface area contributed by atoms with Gasteiger partial charge in [-0.2, -0.15) is 0 Å². The van der Waals surface area contributed by atoms with Gasteiger partial charge in [-0.25, -0.2) is 4.79 Å². The van der Waals surface area contributed by atoms with Crippen molar-refractivity contribution in [1.29, 1.82) is 0 Å². The van der Waals surface area contributed by atoms with Gasteiger partial charge in [-0.1, -0.05) is 0 Å². The average Bonchev–Trinajstić information content (AvgIpc) is 3.03. The summed E-state index contributed by atoms with van der Waals surface area (Å²) in [6.45, 7) is 1.13. The molecule has 2 heterocycles. The Morgan fingerprint density at radius 2 is 2.29 bits per heavy atom. The van der Waals surface area contributed by atoms with Gasteiger partial charge in [0.05, 0.1) is 5.52 Å². The zero-order valence-corrected chi connectivity index (χ0v) is 12.5. The number of benzene rings is 1. The number of phenolic OH excluding ortho intramolecular Hbond substituents is 1. The van der Waals surface area contributed by atoms with E-state index in [2.05, 4.69) is 17.3 Å². The normalized spacial score (nSPS) is 19.2. The Morgan fingerprint density at radius 3 is 2.95 bits per heavy atom. The highest BCUT2D eigenvalue weighted by Crippen LogP contribution is 2.29. The minimum Gasteiger partial charge on any atom is -0.508 e. The second kappa shape index (κ2) is 5.41. The molecule has 5 heteroatoms. The second-order valence-corrected chi connectivity index (χ2v) is 5.76. The molecule has 21 heavy (non-hydrogen) atoms. The van der Waals surface area contributed by atoms with Gasteiger partial charge in [0.25, 0.3) is 0 Å². The molecule has 1 aliphatic heterocycles. The number of aromatic hydroxyl groups is 1. The van der Waals surface area contributed by atoms with Crippen LogP contribution in [0.2, 0.25) is 0 Å². The summed E-state index contributed by atoms with van der Waals surface area (Å²) in [7, 11) is 3.77. The average molecular weight is 287 g/mol. The molecular weight excluding hydrogens is 266 g/mol. The zero-order valence-electron chi connectivity index (χ0n) is 12.5. The molecule has 2 N–H and O–H groups in total. The number of likely N-dealkylation sites (N-methyl/N-ethyl adjacent to an activating group) is 1. The number of fused-ring (bicyclic) bond motifs is 1. The minimum absolute atomic E-state index is 0.156. The number of carbonyl (C=O) groups is 1. The molecule has 0 bridgehead atoms. The SMILES string of the molecule is CNC(=O)n1cc(CC2CCCN2C)c2cc(O)ccc21. The first-order valence-electron chi connectivity index (χ1n) is 7.35. The van der Waals surface area contributed by atoms with E-state index in [4.69, 9.17) is 0 Å². The van der Waals surface area contributed by atoms with E-state index in [9.17, 15) is 9.90 Å². The van der Waals surface area contributed by atoms with E-state index >= 15 is 0 Å². The molecule has 0 spiro atoms. The van der Waals surface area contributed by atoms with Gasteiger partial charge >= 0.3 is 6.03 Å². The van der Waals surface area contributed by atoms with Gasteiger partial charge in [0.15, 0.2) is 0 Å². The summed E-state index contributed by atoms with van der Waals surface area (Å²) in [6, 6.07) is 5.52. The van der Waals surface area contributed by atoms with Crippen LogP contribution in [0.1, 0.15) is 18.4 Å². The molecule has 1 aliphatic rings. The molecular formula is C16H21N3O2. The molecule has 1 saturated heterocycles. The summed E-state index contributed by atoms with van der Waals surface area (Å²) < 4.78 is 1.62. The number of amides is 1. The predicted molar refractivity (Wildman–Crippen MR) is 82.8 cm³/mol. The van der Waals surface area contributed by atoms with Gasteiger partial charge in [-0.3, -0.25) is 4.57 Å². The lowest BCUT2D eigenvalue weighted by atomic mass is 10.0. The van der Waals surface area contributed by atoms with Crippen LogP contribution in [-0.4, -0.2) is 47.3 Å². The lowest BCUT2D eigenvalue weighted by Gasteiger charge is -2.18. The van der Waals surface area contributed by atoms with Gasteiger partial charge in [0, 0.05) is 24.7 Å². The van der Waals surface area contributed by atoms with Crippen LogP contribution < -0.4 is 5.32 Å². The van der Waals surface area contributed by atoms with Crippen molar-refractivity contribution in [3.8, 4) is 5.75 Å². The van der Waals surface area contributed by atoms with E-state index in [0.29, 0.717) is 6.04 Å². The number of hydrogen-bond donors (Lipinski definition) is 2. The third-order valence-corrected chi connectivity index (χ3v) is 4.43. The fourth-order valence-electron chi connectivity index (χ4n) is 3.23. The molecule has 0 aliphatic carbocycles. The molecule has 2 aromatic rings. The summed E-state index contributed by atoms with van der Waals surface area (Å²) in [5, 5.41) is 13.4. The lowest BCUT2D eigenvalue weighted by Crippen LogP contribution is -2.27. The van der Waals surface area contributed by atoms with Crippen LogP contribution in [0.15, 0.2) is 24.4 Å². The van der Waals surface area contributed by atoms with Crippen LogP contribution in [0.25, 0.3) is 10.9 Å². The predicted octanol–water partition coefficient (Wildman–Crippen LogP) is 2.17. The largest absolute Gasteiger partial charge is 0.508 e. The number of nitrogens with zero attached hydrogens (tertiary/aromatic N) is 2. The van der Waals surface area contributed by atoms with Gasteiger partial charge in [-0.05, 0) is 56.6 Å². The van der Waals surface area contributed by atoms with Crippen molar-refractivity contribution in [3.05, 3.63) is 30.0 Å². The van der Waals surface area contributed by atoms with Crippen molar-refractivity contribution in [2.24, 2.45) is 0 Å². The fourth-order valence-corrected chi connectivity index (χ4v) is 3.23. The number of aromatic nitrogens is 1. The summed E-state index contributed by atoms with van der Waals surface area (Å²) >= 11 is 0. The maximum absolute atomic E-state index is 12.0. The molecule has 1 unspecified atom stereocenters. The van der Waals surface area contributed by atoms with Crippen molar-refractivity contribution in [2.45, 2.75) is 25.3 Å². The summed E-state index contributed by atoms with van der Waals surface area (Å²) in [6.07, 6.45) is 5.21. The number of carbonyl (C=O) groups excluding carboxylic acids is 1. The molecule has 1 fully saturated rings. The topological polar surface area (TPSA) is 57.5 Å². The Balaban J connectivity index is 2.04. The number of likely N-dealkylation sites (tertiary alicyclic amines) is 1. The van der Waals surface area contributed by atoms with E-state index in [1.165, 1.54) is 12.8 Å². The summed E-state index contributed by atoms with van der Waals surface area (Å²) in [4.78, 5) is 14.4. The summed E-state index contributed by atoms with van der Waals surface area (Å²) in [5.41, 5.74) is 1.95. The highest BCUT2D eigenvalue weighted by Gasteiger charge is 2.23. The number of hydrogen-bond acceptors (Lipinski definition) is 3. The van der Waals surface area contributed by atoms with E-state index < -0.39 is 0 Å². The molecule has 0 saturated carbocycles. The fraction of sp³-hybridized carbons (Fsp3) is 0.438. The smallest absolute Gasteiger partial charge is 0.325 e. The van der Waals surface area contributed by atoms with E-state index in [-0.39, 0.29) is 11.8 Å². The second-order valence-electron chi connectivity index (χ2n) is 5.76. The van der Waals surface area contributed by atoms with Gasteiger partial charge < -0.3 is 15.3 Å². The maximum Gasteiger partial charge on any atom is 0.325 e. The molecule has 112 valence electrons. The molecule has 0 radical (unpaired) electrons. The molecule has 1 amide bonds. The lowest BCUT2D eigenvalue weighted by molar-refractivity contribution is 0.245. The molecule has 1 aromatic carbocycles. The van der Waals surface area contributed by atoms with Gasteiger partial charge in [0.2, 0.25) is 0 Å². The zero-order chi connectivity index (χ0) is 15.0. The quantitative estimate of drug-likeness (QED) is 0.890. The Bertz CT molecular complexity index is 677. The van der Waals surface area contributed by atoms with Crippen LogP contribution in [0.3, 0.4) is 0 Å². The Labute approximate surface area is 124 Å². The Hall–Kier alpha value is -2.01. The number of phenols is 1. The highest BCUT2D eigenvalue weighted by atomic mass is 16.3. The number of nitrogens with one attached hydrogen (secondary N) is 1. The maximum atomic E-state index is 12.0.